The molecule has 0 spiro atoms. The van der Waals surface area contributed by atoms with Crippen molar-refractivity contribution >= 4 is 29.1 Å². The van der Waals surface area contributed by atoms with E-state index < -0.39 is 29.9 Å². The number of pyridine rings is 2. The van der Waals surface area contributed by atoms with Gasteiger partial charge in [0.1, 0.15) is 12.2 Å². The second-order valence-electron chi connectivity index (χ2n) is 16.8. The standard InChI is InChI=1S/C49H54N4O11/c1-7-61-42-21-31-33-19-29(11-13-37(33)50-47(35(31)23-40(42)59-5)27-9-16-44(55)52(3)25-27)63-46(57)18-15-39(54)49(58)64-30-12-14-38-34(20-30)32-22-43(62-8-2)41(60-6)24-36(32)48(51-38)28-10-17-45(56)53(4)26-28/h9-10,16-17,21-26,29-30,33-34,37-38H,7-8,11-15,18-20H2,1-6H3/t29-,30-,33-,34-,37-,38-/m1/s1. The number of carbonyl (C=O) groups excluding carboxylic acids is 3. The van der Waals surface area contributed by atoms with Crippen LogP contribution in [0.1, 0.15) is 110 Å². The monoisotopic (exact) mass is 874 g/mol. The number of hydrogen-bond acceptors (Lipinski definition) is 13. The first-order valence-electron chi connectivity index (χ1n) is 22.0. The fourth-order valence-electron chi connectivity index (χ4n) is 9.63. The van der Waals surface area contributed by atoms with E-state index in [4.69, 9.17) is 38.4 Å². The van der Waals surface area contributed by atoms with E-state index in [9.17, 15) is 24.0 Å². The maximum atomic E-state index is 13.2. The van der Waals surface area contributed by atoms with E-state index in [1.807, 2.05) is 38.1 Å². The number of nitrogens with zero attached hydrogens (tertiary/aromatic N) is 4. The van der Waals surface area contributed by atoms with Gasteiger partial charge in [-0.2, -0.15) is 0 Å². The number of ether oxygens (including phenoxy) is 6. The molecule has 0 radical (unpaired) electrons. The van der Waals surface area contributed by atoms with Crippen molar-refractivity contribution in [3.63, 3.8) is 0 Å². The summed E-state index contributed by atoms with van der Waals surface area (Å²) in [5.74, 6) is -0.269. The Bertz CT molecular complexity index is 2660. The van der Waals surface area contributed by atoms with Crippen LogP contribution in [0.2, 0.25) is 0 Å². The van der Waals surface area contributed by atoms with Crippen LogP contribution in [-0.2, 0) is 38.0 Å². The summed E-state index contributed by atoms with van der Waals surface area (Å²) >= 11 is 0. The number of aryl methyl sites for hydroxylation is 2. The number of fused-ring (bicyclic) bond motifs is 6. The minimum atomic E-state index is -0.974. The minimum Gasteiger partial charge on any atom is -0.493 e. The number of carbonyl (C=O) groups is 3. The van der Waals surface area contributed by atoms with Crippen molar-refractivity contribution in [1.82, 2.24) is 9.13 Å². The Morgan fingerprint density at radius 3 is 1.53 bits per heavy atom. The van der Waals surface area contributed by atoms with Gasteiger partial charge < -0.3 is 37.6 Å². The largest absolute Gasteiger partial charge is 0.493 e. The molecule has 0 saturated heterocycles. The third-order valence-corrected chi connectivity index (χ3v) is 12.8. The predicted octanol–water partition coefficient (Wildman–Crippen LogP) is 5.75. The molecule has 2 saturated carbocycles. The average Bonchev–Trinajstić information content (AvgIpc) is 3.29. The van der Waals surface area contributed by atoms with Crippen molar-refractivity contribution in [2.24, 2.45) is 24.1 Å². The molecule has 2 aromatic carbocycles. The van der Waals surface area contributed by atoms with Crippen molar-refractivity contribution < 1.29 is 42.8 Å². The van der Waals surface area contributed by atoms with Crippen LogP contribution >= 0.6 is 0 Å². The van der Waals surface area contributed by atoms with Crippen LogP contribution in [0.15, 0.2) is 80.5 Å². The Morgan fingerprint density at radius 2 is 1.09 bits per heavy atom. The van der Waals surface area contributed by atoms with Gasteiger partial charge in [-0.25, -0.2) is 4.79 Å². The average molecular weight is 875 g/mol. The summed E-state index contributed by atoms with van der Waals surface area (Å²) in [6.07, 6.45) is 5.23. The molecule has 15 nitrogen and oxygen atoms in total. The highest BCUT2D eigenvalue weighted by molar-refractivity contribution is 6.33. The van der Waals surface area contributed by atoms with Gasteiger partial charge in [0.25, 0.3) is 0 Å². The molecule has 64 heavy (non-hydrogen) atoms. The summed E-state index contributed by atoms with van der Waals surface area (Å²) < 4.78 is 38.1. The van der Waals surface area contributed by atoms with E-state index in [-0.39, 0.29) is 47.9 Å². The minimum absolute atomic E-state index is 0.0931. The molecule has 4 heterocycles. The molecule has 2 aliphatic carbocycles. The molecule has 2 aromatic heterocycles. The molecule has 0 N–H and O–H groups in total. The Hall–Kier alpha value is -6.51. The van der Waals surface area contributed by atoms with Crippen LogP contribution in [0, 0.1) is 0 Å². The normalized spacial score (nSPS) is 22.0. The quantitative estimate of drug-likeness (QED) is 0.112. The van der Waals surface area contributed by atoms with Crippen LogP contribution in [0.4, 0.5) is 0 Å². The molecule has 6 atom stereocenters. The second-order valence-corrected chi connectivity index (χ2v) is 16.8. The number of aliphatic imine (C=N–C) groups is 2. The number of benzene rings is 2. The van der Waals surface area contributed by atoms with Crippen molar-refractivity contribution in [1.29, 1.82) is 0 Å². The number of aromatic nitrogens is 2. The summed E-state index contributed by atoms with van der Waals surface area (Å²) in [7, 11) is 6.57. The highest BCUT2D eigenvalue weighted by Gasteiger charge is 2.41. The van der Waals surface area contributed by atoms with E-state index in [0.717, 1.165) is 44.8 Å². The number of hydrogen-bond donors (Lipinski definition) is 0. The van der Waals surface area contributed by atoms with Gasteiger partial charge in [-0.1, -0.05) is 0 Å². The van der Waals surface area contributed by atoms with Gasteiger partial charge in [-0.05, 0) is 99.9 Å². The number of rotatable bonds is 14. The second kappa shape index (κ2) is 18.7. The fraction of sp³-hybridized carbons (Fsp3) is 0.449. The number of ketones is 1. The molecule has 4 aliphatic rings. The third-order valence-electron chi connectivity index (χ3n) is 12.8. The summed E-state index contributed by atoms with van der Waals surface area (Å²) in [4.78, 5) is 74.5. The molecule has 336 valence electrons. The first kappa shape index (κ1) is 44.1. The maximum absolute atomic E-state index is 13.2. The zero-order valence-electron chi connectivity index (χ0n) is 37.1. The zero-order valence-corrected chi connectivity index (χ0v) is 37.1. The van der Waals surface area contributed by atoms with Crippen LogP contribution in [0.3, 0.4) is 0 Å². The molecule has 0 unspecified atom stereocenters. The first-order chi connectivity index (χ1) is 30.9. The summed E-state index contributed by atoms with van der Waals surface area (Å²) in [6, 6.07) is 14.1. The molecule has 0 bridgehead atoms. The molecule has 8 rings (SSSR count). The highest BCUT2D eigenvalue weighted by Crippen LogP contribution is 2.47. The lowest BCUT2D eigenvalue weighted by Crippen LogP contribution is -2.37. The molecular weight excluding hydrogens is 821 g/mol. The van der Waals surface area contributed by atoms with Crippen LogP contribution in [0.25, 0.3) is 0 Å². The lowest BCUT2D eigenvalue weighted by molar-refractivity contribution is -0.160. The SMILES string of the molecule is CCOc1cc2c(cc1OC)C(c1ccc(=O)n(C)c1)=N[C@@H]1CC[C@@H](OC(=O)CCC(=O)C(=O)O[C@@H]3CC[C@H]4N=C(c5ccc(=O)n(C)c5)c5cc(OC)c(OCC)cc5[C@H]4C3)C[C@H]21. The van der Waals surface area contributed by atoms with E-state index >= 15 is 0 Å². The van der Waals surface area contributed by atoms with Gasteiger partial charge in [0.15, 0.2) is 23.0 Å². The number of methoxy groups -OCH3 is 2. The fourth-order valence-corrected chi connectivity index (χ4v) is 9.63. The van der Waals surface area contributed by atoms with E-state index in [2.05, 4.69) is 0 Å². The molecule has 2 aliphatic heterocycles. The lowest BCUT2D eigenvalue weighted by atomic mass is 9.74. The van der Waals surface area contributed by atoms with Crippen LogP contribution in [-0.4, -0.2) is 90.0 Å². The lowest BCUT2D eigenvalue weighted by Gasteiger charge is -2.38. The molecule has 0 amide bonds. The van der Waals surface area contributed by atoms with Gasteiger partial charge in [0, 0.05) is 79.1 Å². The zero-order chi connectivity index (χ0) is 45.2. The van der Waals surface area contributed by atoms with Crippen LogP contribution in [0.5, 0.6) is 23.0 Å². The Kier molecular flexibility index (Phi) is 12.9. The first-order valence-corrected chi connectivity index (χ1v) is 22.0. The summed E-state index contributed by atoms with van der Waals surface area (Å²) in [5, 5.41) is 0. The van der Waals surface area contributed by atoms with Crippen molar-refractivity contribution in [2.45, 2.75) is 101 Å². The maximum Gasteiger partial charge on any atom is 0.374 e. The van der Waals surface area contributed by atoms with Gasteiger partial charge >= 0.3 is 11.9 Å². The smallest absolute Gasteiger partial charge is 0.374 e. The summed E-state index contributed by atoms with van der Waals surface area (Å²) in [6.45, 7) is 4.67. The number of esters is 2. The van der Waals surface area contributed by atoms with Gasteiger partial charge in [-0.15, -0.1) is 0 Å². The predicted molar refractivity (Wildman–Crippen MR) is 238 cm³/mol. The van der Waals surface area contributed by atoms with E-state index in [1.54, 1.807) is 52.8 Å². The van der Waals surface area contributed by atoms with Crippen molar-refractivity contribution in [2.75, 3.05) is 27.4 Å². The van der Waals surface area contributed by atoms with Crippen molar-refractivity contribution in [3.8, 4) is 23.0 Å². The molecule has 4 aromatic rings. The van der Waals surface area contributed by atoms with E-state index in [0.29, 0.717) is 74.7 Å². The third kappa shape index (κ3) is 8.84. The van der Waals surface area contributed by atoms with Gasteiger partial charge in [0.2, 0.25) is 16.9 Å². The molecule has 2 fully saturated rings. The number of Topliss-reactive ketones (excluding diaryl/α,β-unsaturated/α-hetero) is 1. The van der Waals surface area contributed by atoms with Crippen LogP contribution < -0.4 is 30.1 Å². The van der Waals surface area contributed by atoms with Gasteiger partial charge in [0.05, 0.1) is 57.4 Å². The summed E-state index contributed by atoms with van der Waals surface area (Å²) in [5.41, 5.74) is 6.46. The Balaban J connectivity index is 0.911. The highest BCUT2D eigenvalue weighted by atomic mass is 16.6. The Labute approximate surface area is 371 Å². The molecule has 15 heteroatoms. The Morgan fingerprint density at radius 1 is 0.625 bits per heavy atom. The molecular formula is C49H54N4O11. The van der Waals surface area contributed by atoms with Crippen molar-refractivity contribution in [3.05, 3.63) is 115 Å². The van der Waals surface area contributed by atoms with Gasteiger partial charge in [-0.3, -0.25) is 29.2 Å². The van der Waals surface area contributed by atoms with E-state index in [1.165, 1.54) is 21.3 Å². The topological polar surface area (TPSA) is 175 Å².